The van der Waals surface area contributed by atoms with Gasteiger partial charge >= 0.3 is 0 Å². The fourth-order valence-corrected chi connectivity index (χ4v) is 6.23. The third kappa shape index (κ3) is 4.58. The summed E-state index contributed by atoms with van der Waals surface area (Å²) in [5, 5.41) is 0. The molecule has 2 unspecified atom stereocenters. The number of likely N-dealkylation sites (N-methyl/N-ethyl adjacent to an activating group) is 1. The Morgan fingerprint density at radius 2 is 1.80 bits per heavy atom. The van der Waals surface area contributed by atoms with Crippen LogP contribution in [0, 0.1) is 6.92 Å². The van der Waals surface area contributed by atoms with Gasteiger partial charge < -0.3 is 14.5 Å². The molecule has 0 bridgehead atoms. The number of hydrogen-bond donors (Lipinski definition) is 0. The van der Waals surface area contributed by atoms with Crippen LogP contribution in [0.15, 0.2) is 82.1 Å². The molecule has 2 atom stereocenters. The third-order valence-corrected chi connectivity index (χ3v) is 8.13. The smallest absolute Gasteiger partial charge is 0.284 e. The van der Waals surface area contributed by atoms with Crippen LogP contribution < -0.4 is 9.64 Å². The lowest BCUT2D eigenvalue weighted by molar-refractivity contribution is 0.237. The van der Waals surface area contributed by atoms with E-state index in [9.17, 15) is 8.42 Å². The minimum Gasteiger partial charge on any atom is -0.494 e. The second kappa shape index (κ2) is 9.47. The highest BCUT2D eigenvalue weighted by Gasteiger charge is 2.43. The zero-order valence-electron chi connectivity index (χ0n) is 20.4. The van der Waals surface area contributed by atoms with Gasteiger partial charge in [-0.15, -0.1) is 4.40 Å². The van der Waals surface area contributed by atoms with Crippen LogP contribution in [0.1, 0.15) is 36.0 Å². The quantitative estimate of drug-likeness (QED) is 0.379. The summed E-state index contributed by atoms with van der Waals surface area (Å²) in [5.41, 5.74) is 4.31. The lowest BCUT2D eigenvalue weighted by Gasteiger charge is -2.37. The van der Waals surface area contributed by atoms with Gasteiger partial charge in [0.1, 0.15) is 5.75 Å². The highest BCUT2D eigenvalue weighted by atomic mass is 32.2. The number of fused-ring (bicyclic) bond motifs is 3. The van der Waals surface area contributed by atoms with E-state index in [2.05, 4.69) is 46.4 Å². The molecule has 182 valence electrons. The molecule has 0 aliphatic carbocycles. The summed E-state index contributed by atoms with van der Waals surface area (Å²) in [6, 6.07) is 22.7. The number of aryl methyl sites for hydroxylation is 1. The van der Waals surface area contributed by atoms with Gasteiger partial charge in [0.05, 0.1) is 11.5 Å². The van der Waals surface area contributed by atoms with E-state index < -0.39 is 10.0 Å². The summed E-state index contributed by atoms with van der Waals surface area (Å²) in [6.45, 7) is 6.41. The molecule has 2 aliphatic heterocycles. The normalized spacial score (nSPS) is 20.4. The Labute approximate surface area is 207 Å². The molecule has 5 rings (SSSR count). The van der Waals surface area contributed by atoms with E-state index in [0.717, 1.165) is 30.8 Å². The monoisotopic (exact) mass is 489 g/mol. The van der Waals surface area contributed by atoms with E-state index in [1.54, 1.807) is 24.3 Å². The number of sulfonamides is 1. The number of benzene rings is 3. The molecule has 3 aromatic rings. The van der Waals surface area contributed by atoms with E-state index >= 15 is 0 Å². The summed E-state index contributed by atoms with van der Waals surface area (Å²) in [4.78, 5) is 4.68. The van der Waals surface area contributed by atoms with Gasteiger partial charge in [-0.25, -0.2) is 0 Å². The van der Waals surface area contributed by atoms with Crippen LogP contribution in [0.4, 0.5) is 5.69 Å². The van der Waals surface area contributed by atoms with Crippen LogP contribution in [0.5, 0.6) is 5.75 Å². The number of likely N-dealkylation sites (tertiary alicyclic amines) is 1. The number of hydrogen-bond acceptors (Lipinski definition) is 4. The number of nitrogens with zero attached hydrogens (tertiary/aromatic N) is 3. The summed E-state index contributed by atoms with van der Waals surface area (Å²) < 4.78 is 37.1. The summed E-state index contributed by atoms with van der Waals surface area (Å²) in [7, 11) is -1.81. The van der Waals surface area contributed by atoms with Gasteiger partial charge in [-0.3, -0.25) is 0 Å². The van der Waals surface area contributed by atoms with Gasteiger partial charge in [-0.1, -0.05) is 48.0 Å². The fourth-order valence-electron chi connectivity index (χ4n) is 5.22. The first-order chi connectivity index (χ1) is 16.9. The van der Waals surface area contributed by atoms with Gasteiger partial charge in [0.15, 0.2) is 5.84 Å². The van der Waals surface area contributed by atoms with E-state index in [1.165, 1.54) is 11.1 Å². The van der Waals surface area contributed by atoms with Crippen molar-refractivity contribution in [3.63, 3.8) is 0 Å². The molecule has 0 radical (unpaired) electrons. The first kappa shape index (κ1) is 23.6. The van der Waals surface area contributed by atoms with Crippen molar-refractivity contribution in [2.45, 2.75) is 37.1 Å². The molecule has 1 saturated heterocycles. The molecule has 6 nitrogen and oxygen atoms in total. The van der Waals surface area contributed by atoms with E-state index in [0.29, 0.717) is 24.1 Å². The van der Waals surface area contributed by atoms with Crippen molar-refractivity contribution in [3.8, 4) is 5.75 Å². The highest BCUT2D eigenvalue weighted by molar-refractivity contribution is 7.90. The van der Waals surface area contributed by atoms with Crippen LogP contribution in [0.3, 0.4) is 0 Å². The second-order valence-corrected chi connectivity index (χ2v) is 10.9. The molecule has 2 heterocycles. The van der Waals surface area contributed by atoms with Crippen molar-refractivity contribution < 1.29 is 13.2 Å². The molecule has 0 saturated carbocycles. The predicted octanol–water partition coefficient (Wildman–Crippen LogP) is 4.84. The predicted molar refractivity (Wildman–Crippen MR) is 140 cm³/mol. The van der Waals surface area contributed by atoms with Crippen molar-refractivity contribution in [2.75, 3.05) is 31.6 Å². The number of anilines is 1. The summed E-state index contributed by atoms with van der Waals surface area (Å²) in [5.74, 6) is 1.41. The molecule has 35 heavy (non-hydrogen) atoms. The van der Waals surface area contributed by atoms with Gasteiger partial charge in [0, 0.05) is 29.8 Å². The van der Waals surface area contributed by atoms with Gasteiger partial charge in [0.25, 0.3) is 10.0 Å². The third-order valence-electron chi connectivity index (χ3n) is 6.85. The van der Waals surface area contributed by atoms with E-state index in [4.69, 9.17) is 4.74 Å². The molecular weight excluding hydrogens is 458 g/mol. The lowest BCUT2D eigenvalue weighted by Crippen LogP contribution is -2.47. The van der Waals surface area contributed by atoms with Crippen LogP contribution in [0.2, 0.25) is 0 Å². The molecule has 3 aromatic carbocycles. The minimum atomic E-state index is -3.96. The second-order valence-electron chi connectivity index (χ2n) is 9.32. The number of piperidine rings is 1. The number of amidine groups is 1. The first-order valence-corrected chi connectivity index (χ1v) is 13.5. The van der Waals surface area contributed by atoms with Crippen molar-refractivity contribution >= 4 is 21.5 Å². The van der Waals surface area contributed by atoms with Crippen molar-refractivity contribution in [2.24, 2.45) is 4.40 Å². The Kier molecular flexibility index (Phi) is 6.38. The van der Waals surface area contributed by atoms with E-state index in [1.807, 2.05) is 37.3 Å². The lowest BCUT2D eigenvalue weighted by atomic mass is 9.88. The zero-order chi connectivity index (χ0) is 24.6. The van der Waals surface area contributed by atoms with Gasteiger partial charge in [-0.05, 0) is 69.8 Å². The minimum absolute atomic E-state index is 0.150. The van der Waals surface area contributed by atoms with Crippen LogP contribution in [-0.4, -0.2) is 51.9 Å². The Morgan fingerprint density at radius 3 is 2.51 bits per heavy atom. The average Bonchev–Trinajstić information content (AvgIpc) is 3.16. The SMILES string of the molecule is CCOc1ccc(S(=O)(=O)/N=C(\c2ccccc2)N2c3ccc(C)cc3C3CN(C)CCC32)cc1. The fraction of sp³-hybridized carbons (Fsp3) is 0.321. The zero-order valence-corrected chi connectivity index (χ0v) is 21.2. The summed E-state index contributed by atoms with van der Waals surface area (Å²) >= 11 is 0. The van der Waals surface area contributed by atoms with Crippen molar-refractivity contribution in [1.82, 2.24) is 4.90 Å². The topological polar surface area (TPSA) is 62.2 Å². The van der Waals surface area contributed by atoms with Crippen LogP contribution in [0.25, 0.3) is 0 Å². The maximum atomic E-state index is 13.6. The molecule has 2 aliphatic rings. The molecule has 0 spiro atoms. The van der Waals surface area contributed by atoms with Crippen LogP contribution >= 0.6 is 0 Å². The average molecular weight is 490 g/mol. The molecule has 0 amide bonds. The largest absolute Gasteiger partial charge is 0.494 e. The molecule has 0 N–H and O–H groups in total. The van der Waals surface area contributed by atoms with Crippen LogP contribution in [-0.2, 0) is 10.0 Å². The standard InChI is InChI=1S/C28H31N3O3S/c1-4-34-22-11-13-23(14-12-22)35(32,33)29-28(21-8-6-5-7-9-21)31-26-15-10-20(2)18-24(26)25-19-30(3)17-16-27(25)31/h5-15,18,25,27H,4,16-17,19H2,1-3H3/b29-28+. The Balaban J connectivity index is 1.65. The highest BCUT2D eigenvalue weighted by Crippen LogP contribution is 2.46. The number of ether oxygens (including phenoxy) is 1. The van der Waals surface area contributed by atoms with Crippen molar-refractivity contribution in [1.29, 1.82) is 0 Å². The van der Waals surface area contributed by atoms with Crippen molar-refractivity contribution in [3.05, 3.63) is 89.5 Å². The Bertz CT molecular complexity index is 1340. The van der Waals surface area contributed by atoms with E-state index in [-0.39, 0.29) is 10.9 Å². The Hall–Kier alpha value is -3.16. The summed E-state index contributed by atoms with van der Waals surface area (Å²) in [6.07, 6.45) is 0.934. The van der Waals surface area contributed by atoms with Gasteiger partial charge in [0.2, 0.25) is 0 Å². The first-order valence-electron chi connectivity index (χ1n) is 12.1. The maximum absolute atomic E-state index is 13.6. The number of rotatable bonds is 5. The van der Waals surface area contributed by atoms with Gasteiger partial charge in [-0.2, -0.15) is 8.42 Å². The molecular formula is C28H31N3O3S. The maximum Gasteiger partial charge on any atom is 0.284 e. The molecule has 7 heteroatoms. The molecule has 0 aromatic heterocycles. The Morgan fingerprint density at radius 1 is 1.06 bits per heavy atom. The molecule has 1 fully saturated rings.